The first-order valence-corrected chi connectivity index (χ1v) is 8.05. The van der Waals surface area contributed by atoms with Gasteiger partial charge < -0.3 is 5.32 Å². The average Bonchev–Trinajstić information content (AvgIpc) is 2.90. The van der Waals surface area contributed by atoms with Gasteiger partial charge in [0.15, 0.2) is 0 Å². The molecule has 0 saturated carbocycles. The van der Waals surface area contributed by atoms with E-state index >= 15 is 0 Å². The van der Waals surface area contributed by atoms with Gasteiger partial charge in [-0.15, -0.1) is 5.10 Å². The van der Waals surface area contributed by atoms with Crippen molar-refractivity contribution in [2.45, 2.75) is 65.6 Å². The number of alkyl halides is 3. The molecule has 2 heterocycles. The molecule has 6 nitrogen and oxygen atoms in total. The fraction of sp³-hybridized carbons (Fsp3) is 0.625. The molecule has 0 radical (unpaired) electrons. The summed E-state index contributed by atoms with van der Waals surface area (Å²) in [5.41, 5.74) is 1.47. The van der Waals surface area contributed by atoms with E-state index in [0.717, 1.165) is 10.9 Å². The Morgan fingerprint density at radius 3 is 2.40 bits per heavy atom. The van der Waals surface area contributed by atoms with Gasteiger partial charge in [-0.05, 0) is 46.1 Å². The van der Waals surface area contributed by atoms with Crippen molar-refractivity contribution in [2.75, 3.05) is 0 Å². The van der Waals surface area contributed by atoms with Crippen molar-refractivity contribution in [3.8, 4) is 0 Å². The van der Waals surface area contributed by atoms with Crippen LogP contribution in [0.3, 0.4) is 0 Å². The molecule has 138 valence electrons. The van der Waals surface area contributed by atoms with Crippen LogP contribution in [0.25, 0.3) is 5.78 Å². The number of carbonyl (C=O) groups excluding carboxylic acids is 1. The third kappa shape index (κ3) is 4.26. The van der Waals surface area contributed by atoms with E-state index in [2.05, 4.69) is 20.4 Å². The van der Waals surface area contributed by atoms with Crippen LogP contribution in [0.15, 0.2) is 0 Å². The Balaban J connectivity index is 2.25. The zero-order chi connectivity index (χ0) is 19.0. The number of hydrogen-bond donors (Lipinski definition) is 1. The van der Waals surface area contributed by atoms with Crippen molar-refractivity contribution in [1.82, 2.24) is 24.9 Å². The van der Waals surface area contributed by atoms with Crippen molar-refractivity contribution in [3.63, 3.8) is 0 Å². The highest BCUT2D eigenvalue weighted by Gasteiger charge is 2.37. The fourth-order valence-corrected chi connectivity index (χ4v) is 2.46. The second-order valence-corrected chi connectivity index (χ2v) is 6.69. The molecule has 0 aliphatic rings. The van der Waals surface area contributed by atoms with E-state index in [1.807, 2.05) is 20.8 Å². The van der Waals surface area contributed by atoms with Crippen LogP contribution < -0.4 is 5.32 Å². The van der Waals surface area contributed by atoms with Crippen LogP contribution in [0, 0.1) is 13.8 Å². The maximum absolute atomic E-state index is 12.8. The highest BCUT2D eigenvalue weighted by Crippen LogP contribution is 2.27. The normalized spacial score (nSPS) is 12.6. The molecule has 0 aliphatic heterocycles. The van der Waals surface area contributed by atoms with Gasteiger partial charge >= 0.3 is 6.18 Å². The van der Waals surface area contributed by atoms with Gasteiger partial charge in [-0.3, -0.25) is 4.79 Å². The molecule has 1 amide bonds. The largest absolute Gasteiger partial charge is 0.453 e. The summed E-state index contributed by atoms with van der Waals surface area (Å²) >= 11 is 0. The van der Waals surface area contributed by atoms with Gasteiger partial charge in [-0.1, -0.05) is 6.92 Å². The van der Waals surface area contributed by atoms with Crippen LogP contribution in [-0.2, 0) is 17.4 Å². The number of hydrogen-bond acceptors (Lipinski definition) is 4. The van der Waals surface area contributed by atoms with Gasteiger partial charge in [0.25, 0.3) is 11.6 Å². The predicted octanol–water partition coefficient (Wildman–Crippen LogP) is 3.00. The Hall–Kier alpha value is -2.19. The van der Waals surface area contributed by atoms with Crippen molar-refractivity contribution >= 4 is 11.7 Å². The standard InChI is InChI=1S/C16H22F3N5O/c1-6-15(4,5)22-12(25)8-7-11-9(2)20-14-21-13(16(17,18)19)23-24(14)10(11)3/h6-8H2,1-5H3,(H,22,25). The molecule has 9 heteroatoms. The lowest BCUT2D eigenvalue weighted by atomic mass is 10.0. The van der Waals surface area contributed by atoms with Crippen LogP contribution in [0.2, 0.25) is 0 Å². The minimum Gasteiger partial charge on any atom is -0.351 e. The summed E-state index contributed by atoms with van der Waals surface area (Å²) in [6.07, 6.45) is -3.24. The van der Waals surface area contributed by atoms with Gasteiger partial charge in [0, 0.05) is 23.3 Å². The average molecular weight is 357 g/mol. The summed E-state index contributed by atoms with van der Waals surface area (Å²) in [6.45, 7) is 9.19. The molecule has 0 aromatic carbocycles. The topological polar surface area (TPSA) is 72.2 Å². The summed E-state index contributed by atoms with van der Waals surface area (Å²) in [5, 5.41) is 6.44. The Morgan fingerprint density at radius 1 is 1.20 bits per heavy atom. The van der Waals surface area contributed by atoms with E-state index < -0.39 is 12.0 Å². The van der Waals surface area contributed by atoms with Crippen molar-refractivity contribution in [2.24, 2.45) is 0 Å². The summed E-state index contributed by atoms with van der Waals surface area (Å²) < 4.78 is 39.4. The quantitative estimate of drug-likeness (QED) is 0.893. The van der Waals surface area contributed by atoms with Gasteiger partial charge in [0.05, 0.1) is 0 Å². The lowest BCUT2D eigenvalue weighted by Gasteiger charge is -2.24. The number of fused-ring (bicyclic) bond motifs is 1. The zero-order valence-electron chi connectivity index (χ0n) is 15.0. The van der Waals surface area contributed by atoms with Crippen LogP contribution in [0.5, 0.6) is 0 Å². The van der Waals surface area contributed by atoms with Crippen LogP contribution in [0.4, 0.5) is 13.2 Å². The molecule has 0 saturated heterocycles. The summed E-state index contributed by atoms with van der Waals surface area (Å²) in [7, 11) is 0. The smallest absolute Gasteiger partial charge is 0.351 e. The summed E-state index contributed by atoms with van der Waals surface area (Å²) in [5.74, 6) is -1.43. The maximum Gasteiger partial charge on any atom is 0.453 e. The monoisotopic (exact) mass is 357 g/mol. The molecule has 2 aromatic rings. The maximum atomic E-state index is 12.8. The van der Waals surface area contributed by atoms with Gasteiger partial charge in [0.2, 0.25) is 5.91 Å². The molecule has 0 bridgehead atoms. The van der Waals surface area contributed by atoms with Crippen LogP contribution in [-0.4, -0.2) is 31.0 Å². The van der Waals surface area contributed by atoms with Crippen molar-refractivity contribution in [3.05, 3.63) is 22.8 Å². The minimum atomic E-state index is -4.63. The number of nitrogens with one attached hydrogen (secondary N) is 1. The number of halogens is 3. The molecule has 2 aromatic heterocycles. The van der Waals surface area contributed by atoms with E-state index in [-0.39, 0.29) is 23.6 Å². The summed E-state index contributed by atoms with van der Waals surface area (Å²) in [6, 6.07) is 0. The highest BCUT2D eigenvalue weighted by atomic mass is 19.4. The van der Waals surface area contributed by atoms with Crippen LogP contribution in [0.1, 0.15) is 56.4 Å². The first kappa shape index (κ1) is 19.1. The molecule has 25 heavy (non-hydrogen) atoms. The zero-order valence-corrected chi connectivity index (χ0v) is 15.0. The SMILES string of the molecule is CCC(C)(C)NC(=O)CCc1c(C)nc2nc(C(F)(F)F)nn2c1C. The molecule has 0 fully saturated rings. The van der Waals surface area contributed by atoms with E-state index in [1.165, 1.54) is 0 Å². The van der Waals surface area contributed by atoms with Gasteiger partial charge in [0.1, 0.15) is 0 Å². The second-order valence-electron chi connectivity index (χ2n) is 6.69. The molecule has 1 N–H and O–H groups in total. The number of aromatic nitrogens is 4. The fourth-order valence-electron chi connectivity index (χ4n) is 2.46. The lowest BCUT2D eigenvalue weighted by molar-refractivity contribution is -0.144. The van der Waals surface area contributed by atoms with Crippen LogP contribution >= 0.6 is 0 Å². The number of amides is 1. The molecule has 0 spiro atoms. The van der Waals surface area contributed by atoms with Gasteiger partial charge in [-0.25, -0.2) is 9.50 Å². The number of aryl methyl sites for hydroxylation is 2. The summed E-state index contributed by atoms with van der Waals surface area (Å²) in [4.78, 5) is 19.6. The van der Waals surface area contributed by atoms with Crippen molar-refractivity contribution in [1.29, 1.82) is 0 Å². The lowest BCUT2D eigenvalue weighted by Crippen LogP contribution is -2.42. The first-order chi connectivity index (χ1) is 11.4. The number of nitrogens with zero attached hydrogens (tertiary/aromatic N) is 4. The highest BCUT2D eigenvalue weighted by molar-refractivity contribution is 5.77. The Kier molecular flexibility index (Phi) is 5.06. The minimum absolute atomic E-state index is 0.0948. The third-order valence-corrected chi connectivity index (χ3v) is 4.27. The molecule has 0 aliphatic carbocycles. The van der Waals surface area contributed by atoms with Gasteiger partial charge in [-0.2, -0.15) is 18.2 Å². The van der Waals surface area contributed by atoms with E-state index in [1.54, 1.807) is 13.8 Å². The second kappa shape index (κ2) is 6.61. The van der Waals surface area contributed by atoms with E-state index in [0.29, 0.717) is 23.4 Å². The third-order valence-electron chi connectivity index (χ3n) is 4.27. The number of rotatable bonds is 5. The Bertz CT molecular complexity index is 795. The molecule has 2 rings (SSSR count). The van der Waals surface area contributed by atoms with E-state index in [4.69, 9.17) is 0 Å². The van der Waals surface area contributed by atoms with Crippen molar-refractivity contribution < 1.29 is 18.0 Å². The Morgan fingerprint density at radius 2 is 1.84 bits per heavy atom. The Labute approximate surface area is 143 Å². The predicted molar refractivity (Wildman–Crippen MR) is 86.1 cm³/mol. The molecular weight excluding hydrogens is 335 g/mol. The number of carbonyl (C=O) groups is 1. The first-order valence-electron chi connectivity index (χ1n) is 8.05. The molecule has 0 unspecified atom stereocenters. The molecule has 0 atom stereocenters. The molecular formula is C16H22F3N5O. The van der Waals surface area contributed by atoms with E-state index in [9.17, 15) is 18.0 Å².